The molecule has 0 bridgehead atoms. The van der Waals surface area contributed by atoms with Crippen molar-refractivity contribution in [3.63, 3.8) is 0 Å². The summed E-state index contributed by atoms with van der Waals surface area (Å²) < 4.78 is 34.6. The van der Waals surface area contributed by atoms with E-state index in [1.165, 1.54) is 7.11 Å². The lowest BCUT2D eigenvalue weighted by Crippen LogP contribution is -2.50. The third-order valence-corrected chi connectivity index (χ3v) is 5.87. The number of benzene rings is 1. The zero-order valence-corrected chi connectivity index (χ0v) is 14.0. The molecule has 2 heterocycles. The van der Waals surface area contributed by atoms with Crippen molar-refractivity contribution in [3.8, 4) is 0 Å². The van der Waals surface area contributed by atoms with Crippen LogP contribution in [0.5, 0.6) is 0 Å². The number of fused-ring (bicyclic) bond motifs is 1. The number of hydrogen-bond donors (Lipinski definition) is 1. The smallest absolute Gasteiger partial charge is 0.264 e. The molecule has 5 nitrogen and oxygen atoms in total. The summed E-state index contributed by atoms with van der Waals surface area (Å²) in [5.74, 6) is -1.68. The SMILES string of the molecule is CO[C@]1([C@@H]2CCCSC2)C(=O)N(CC(N)=O)c2c(F)ccc(F)c21. The van der Waals surface area contributed by atoms with E-state index in [0.717, 1.165) is 29.2 Å². The first kappa shape index (κ1) is 17.2. The summed E-state index contributed by atoms with van der Waals surface area (Å²) in [7, 11) is 1.32. The van der Waals surface area contributed by atoms with E-state index in [0.29, 0.717) is 12.2 Å². The van der Waals surface area contributed by atoms with Gasteiger partial charge < -0.3 is 10.5 Å². The second kappa shape index (κ2) is 6.33. The van der Waals surface area contributed by atoms with Crippen LogP contribution in [0.25, 0.3) is 0 Å². The molecular weight excluding hydrogens is 338 g/mol. The van der Waals surface area contributed by atoms with Gasteiger partial charge >= 0.3 is 0 Å². The molecule has 130 valence electrons. The van der Waals surface area contributed by atoms with Crippen LogP contribution in [-0.2, 0) is 19.9 Å². The fourth-order valence-corrected chi connectivity index (χ4v) is 4.89. The molecule has 1 fully saturated rings. The van der Waals surface area contributed by atoms with Gasteiger partial charge in [0.2, 0.25) is 5.91 Å². The van der Waals surface area contributed by atoms with Gasteiger partial charge in [-0.15, -0.1) is 0 Å². The number of anilines is 1. The van der Waals surface area contributed by atoms with E-state index in [1.54, 1.807) is 11.8 Å². The minimum Gasteiger partial charge on any atom is -0.368 e. The second-order valence-corrected chi connectivity index (χ2v) is 7.11. The molecule has 1 aromatic rings. The van der Waals surface area contributed by atoms with Crippen molar-refractivity contribution in [2.45, 2.75) is 18.4 Å². The molecule has 0 aromatic heterocycles. The number of carbonyl (C=O) groups is 2. The van der Waals surface area contributed by atoms with Crippen molar-refractivity contribution in [1.82, 2.24) is 0 Å². The number of hydrogen-bond acceptors (Lipinski definition) is 4. The average Bonchev–Trinajstić information content (AvgIpc) is 2.82. The highest BCUT2D eigenvalue weighted by Crippen LogP contribution is 2.51. The topological polar surface area (TPSA) is 72.6 Å². The van der Waals surface area contributed by atoms with Gasteiger partial charge in [0.1, 0.15) is 18.2 Å². The first-order chi connectivity index (χ1) is 11.4. The summed E-state index contributed by atoms with van der Waals surface area (Å²) in [4.78, 5) is 25.4. The molecule has 2 amide bonds. The van der Waals surface area contributed by atoms with E-state index in [2.05, 4.69) is 0 Å². The van der Waals surface area contributed by atoms with Gasteiger partial charge in [-0.1, -0.05) is 0 Å². The summed E-state index contributed by atoms with van der Waals surface area (Å²) in [5.41, 5.74) is 3.21. The van der Waals surface area contributed by atoms with Crippen molar-refractivity contribution >= 4 is 29.3 Å². The van der Waals surface area contributed by atoms with Crippen molar-refractivity contribution < 1.29 is 23.1 Å². The Morgan fingerprint density at radius 1 is 1.46 bits per heavy atom. The van der Waals surface area contributed by atoms with Gasteiger partial charge in [0.25, 0.3) is 5.91 Å². The number of halogens is 2. The number of methoxy groups -OCH3 is 1. The predicted molar refractivity (Wildman–Crippen MR) is 86.6 cm³/mol. The maximum atomic E-state index is 14.6. The summed E-state index contributed by atoms with van der Waals surface area (Å²) in [5, 5.41) is 0. The number of thioether (sulfide) groups is 1. The number of nitrogens with two attached hydrogens (primary N) is 1. The lowest BCUT2D eigenvalue weighted by Gasteiger charge is -2.37. The third-order valence-electron chi connectivity index (χ3n) is 4.65. The highest BCUT2D eigenvalue weighted by Gasteiger charge is 2.59. The van der Waals surface area contributed by atoms with Gasteiger partial charge in [0.05, 0.1) is 11.3 Å². The zero-order valence-electron chi connectivity index (χ0n) is 13.2. The Kier molecular flexibility index (Phi) is 4.52. The monoisotopic (exact) mass is 356 g/mol. The van der Waals surface area contributed by atoms with Crippen LogP contribution >= 0.6 is 11.8 Å². The van der Waals surface area contributed by atoms with Gasteiger partial charge in [0, 0.05) is 13.0 Å². The quantitative estimate of drug-likeness (QED) is 0.893. The van der Waals surface area contributed by atoms with Crippen molar-refractivity contribution in [2.75, 3.05) is 30.1 Å². The Morgan fingerprint density at radius 3 is 2.75 bits per heavy atom. The summed E-state index contributed by atoms with van der Waals surface area (Å²) in [6, 6.07) is 1.93. The summed E-state index contributed by atoms with van der Waals surface area (Å²) >= 11 is 1.65. The molecule has 8 heteroatoms. The number of ether oxygens (including phenoxy) is 1. The number of rotatable bonds is 4. The molecule has 0 aliphatic carbocycles. The predicted octanol–water partition coefficient (Wildman–Crippen LogP) is 1.78. The van der Waals surface area contributed by atoms with Crippen LogP contribution < -0.4 is 10.6 Å². The van der Waals surface area contributed by atoms with Gasteiger partial charge in [0.15, 0.2) is 5.60 Å². The standard InChI is InChI=1S/C16H18F2N2O3S/c1-23-16(9-3-2-6-24-8-9)13-10(17)4-5-11(18)14(13)20(15(16)22)7-12(19)21/h4-5,9H,2-3,6-8H2,1H3,(H2,19,21)/t9-,16+/m1/s1. The number of carbonyl (C=O) groups excluding carboxylic acids is 2. The number of primary amides is 1. The van der Waals surface area contributed by atoms with Gasteiger partial charge in [-0.2, -0.15) is 11.8 Å². The van der Waals surface area contributed by atoms with Gasteiger partial charge in [-0.3, -0.25) is 14.5 Å². The third kappa shape index (κ3) is 2.39. The molecule has 1 aromatic carbocycles. The summed E-state index contributed by atoms with van der Waals surface area (Å²) in [6.07, 6.45) is 1.52. The van der Waals surface area contributed by atoms with Crippen LogP contribution in [0.2, 0.25) is 0 Å². The molecule has 0 unspecified atom stereocenters. The second-order valence-electron chi connectivity index (χ2n) is 5.96. The van der Waals surface area contributed by atoms with Crippen LogP contribution in [0.4, 0.5) is 14.5 Å². The highest BCUT2D eigenvalue weighted by molar-refractivity contribution is 7.99. The molecule has 2 atom stereocenters. The normalized spacial score (nSPS) is 26.5. The molecule has 0 spiro atoms. The van der Waals surface area contributed by atoms with E-state index in [-0.39, 0.29) is 17.2 Å². The number of nitrogens with zero attached hydrogens (tertiary/aromatic N) is 1. The van der Waals surface area contributed by atoms with E-state index in [9.17, 15) is 18.4 Å². The lowest BCUT2D eigenvalue weighted by atomic mass is 9.80. The van der Waals surface area contributed by atoms with Crippen LogP contribution in [0.15, 0.2) is 12.1 Å². The van der Waals surface area contributed by atoms with Crippen LogP contribution in [0.1, 0.15) is 18.4 Å². The zero-order chi connectivity index (χ0) is 17.5. The molecule has 2 aliphatic heterocycles. The van der Waals surface area contributed by atoms with Crippen LogP contribution in [-0.4, -0.2) is 37.0 Å². The van der Waals surface area contributed by atoms with E-state index in [1.807, 2.05) is 0 Å². The Morgan fingerprint density at radius 2 is 2.17 bits per heavy atom. The molecule has 2 N–H and O–H groups in total. The van der Waals surface area contributed by atoms with Gasteiger partial charge in [-0.25, -0.2) is 8.78 Å². The van der Waals surface area contributed by atoms with E-state index in [4.69, 9.17) is 10.5 Å². The largest absolute Gasteiger partial charge is 0.368 e. The maximum absolute atomic E-state index is 14.6. The van der Waals surface area contributed by atoms with Gasteiger partial charge in [-0.05, 0) is 36.5 Å². The molecule has 2 aliphatic rings. The van der Waals surface area contributed by atoms with Crippen molar-refractivity contribution in [3.05, 3.63) is 29.3 Å². The molecule has 3 rings (SSSR count). The highest BCUT2D eigenvalue weighted by atomic mass is 32.2. The Hall–Kier alpha value is -1.67. The summed E-state index contributed by atoms with van der Waals surface area (Å²) in [6.45, 7) is -0.517. The molecule has 0 radical (unpaired) electrons. The minimum atomic E-state index is -1.62. The minimum absolute atomic E-state index is 0.122. The van der Waals surface area contributed by atoms with Crippen molar-refractivity contribution in [1.29, 1.82) is 0 Å². The average molecular weight is 356 g/mol. The van der Waals surface area contributed by atoms with E-state index >= 15 is 0 Å². The Labute approximate surface area is 142 Å². The maximum Gasteiger partial charge on any atom is 0.264 e. The molecule has 0 saturated carbocycles. The number of amides is 2. The van der Waals surface area contributed by atoms with Crippen LogP contribution in [0, 0.1) is 17.6 Å². The lowest BCUT2D eigenvalue weighted by molar-refractivity contribution is -0.147. The molecule has 24 heavy (non-hydrogen) atoms. The molecular formula is C16H18F2N2O3S. The Balaban J connectivity index is 2.22. The first-order valence-electron chi connectivity index (χ1n) is 7.65. The first-order valence-corrected chi connectivity index (χ1v) is 8.80. The van der Waals surface area contributed by atoms with Crippen molar-refractivity contribution in [2.24, 2.45) is 11.7 Å². The molecule has 1 saturated heterocycles. The van der Waals surface area contributed by atoms with E-state index < -0.39 is 35.6 Å². The Bertz CT molecular complexity index is 694. The fraction of sp³-hybridized carbons (Fsp3) is 0.500. The fourth-order valence-electron chi connectivity index (χ4n) is 3.67. The van der Waals surface area contributed by atoms with Crippen LogP contribution in [0.3, 0.4) is 0 Å².